The molecule has 0 aromatic heterocycles. The van der Waals surface area contributed by atoms with E-state index in [0.29, 0.717) is 5.92 Å². The first-order valence-electron chi connectivity index (χ1n) is 3.85. The molecule has 0 heterocycles. The molecule has 0 spiro atoms. The Balaban J connectivity index is 3.81. The van der Waals surface area contributed by atoms with Crippen molar-refractivity contribution in [1.82, 2.24) is 5.32 Å². The number of hydrogen-bond donors (Lipinski definition) is 1. The number of amides is 1. The lowest BCUT2D eigenvalue weighted by Gasteiger charge is -2.15. The quantitative estimate of drug-likeness (QED) is 0.636. The van der Waals surface area contributed by atoms with Gasteiger partial charge in [-0.1, -0.05) is 27.2 Å². The molecule has 0 radical (unpaired) electrons. The molecule has 1 amide bonds. The van der Waals surface area contributed by atoms with Crippen molar-refractivity contribution in [1.29, 1.82) is 0 Å². The van der Waals surface area contributed by atoms with E-state index in [-0.39, 0.29) is 11.8 Å². The van der Waals surface area contributed by atoms with Crippen molar-refractivity contribution < 1.29 is 4.79 Å². The Bertz CT molecular complexity index is 112. The minimum absolute atomic E-state index is 0.148. The second kappa shape index (κ2) is 4.31. The van der Waals surface area contributed by atoms with Crippen molar-refractivity contribution in [3.63, 3.8) is 0 Å². The fraction of sp³-hybridized carbons (Fsp3) is 0.875. The van der Waals surface area contributed by atoms with Gasteiger partial charge in [-0.05, 0) is 5.92 Å². The van der Waals surface area contributed by atoms with E-state index in [1.165, 1.54) is 0 Å². The van der Waals surface area contributed by atoms with Crippen molar-refractivity contribution in [2.45, 2.75) is 27.2 Å². The number of hydrogen-bond acceptors (Lipinski definition) is 1. The maximum Gasteiger partial charge on any atom is 0.222 e. The van der Waals surface area contributed by atoms with Crippen LogP contribution in [0, 0.1) is 11.8 Å². The van der Waals surface area contributed by atoms with Crippen LogP contribution in [-0.2, 0) is 4.79 Å². The van der Waals surface area contributed by atoms with Gasteiger partial charge in [0, 0.05) is 13.0 Å². The third-order valence-electron chi connectivity index (χ3n) is 2.16. The Kier molecular flexibility index (Phi) is 4.08. The fourth-order valence-electron chi connectivity index (χ4n) is 0.840. The first-order valence-corrected chi connectivity index (χ1v) is 3.85. The summed E-state index contributed by atoms with van der Waals surface area (Å²) in [7, 11) is 1.68. The zero-order chi connectivity index (χ0) is 8.15. The van der Waals surface area contributed by atoms with Gasteiger partial charge in [-0.3, -0.25) is 4.79 Å². The largest absolute Gasteiger partial charge is 0.359 e. The lowest BCUT2D eigenvalue weighted by molar-refractivity contribution is -0.125. The predicted octanol–water partition coefficient (Wildman–Crippen LogP) is 1.41. The Morgan fingerprint density at radius 3 is 2.30 bits per heavy atom. The number of carbonyl (C=O) groups is 1. The van der Waals surface area contributed by atoms with Crippen molar-refractivity contribution >= 4 is 5.91 Å². The van der Waals surface area contributed by atoms with Crippen molar-refractivity contribution in [2.24, 2.45) is 11.8 Å². The molecule has 2 atom stereocenters. The zero-order valence-electron chi connectivity index (χ0n) is 7.27. The molecule has 1 N–H and O–H groups in total. The molecule has 0 rings (SSSR count). The second-order valence-corrected chi connectivity index (χ2v) is 2.79. The molecule has 0 saturated carbocycles. The molecule has 0 fully saturated rings. The van der Waals surface area contributed by atoms with E-state index < -0.39 is 0 Å². The minimum atomic E-state index is 0.148. The Hall–Kier alpha value is -0.530. The predicted molar refractivity (Wildman–Crippen MR) is 42.7 cm³/mol. The maximum atomic E-state index is 11.0. The van der Waals surface area contributed by atoms with E-state index in [4.69, 9.17) is 0 Å². The Morgan fingerprint density at radius 1 is 1.50 bits per heavy atom. The Labute approximate surface area is 63.0 Å². The lowest BCUT2D eigenvalue weighted by Crippen LogP contribution is -2.29. The number of nitrogens with one attached hydrogen (secondary N) is 1. The van der Waals surface area contributed by atoms with Gasteiger partial charge in [-0.15, -0.1) is 0 Å². The van der Waals surface area contributed by atoms with Crippen LogP contribution in [0.15, 0.2) is 0 Å². The molecular formula is C8H17NO. The minimum Gasteiger partial charge on any atom is -0.359 e. The standard InChI is InChI=1S/C8H17NO/c1-5-6(2)7(3)8(10)9-4/h6-7H,5H2,1-4H3,(H,9,10)/t6?,7-/m1/s1. The van der Waals surface area contributed by atoms with Crippen LogP contribution in [0.4, 0.5) is 0 Å². The van der Waals surface area contributed by atoms with E-state index in [1.807, 2.05) is 6.92 Å². The summed E-state index contributed by atoms with van der Waals surface area (Å²) < 4.78 is 0. The van der Waals surface area contributed by atoms with E-state index in [0.717, 1.165) is 6.42 Å². The van der Waals surface area contributed by atoms with Gasteiger partial charge >= 0.3 is 0 Å². The topological polar surface area (TPSA) is 29.1 Å². The van der Waals surface area contributed by atoms with Gasteiger partial charge in [0.15, 0.2) is 0 Å². The van der Waals surface area contributed by atoms with Crippen molar-refractivity contribution in [3.8, 4) is 0 Å². The summed E-state index contributed by atoms with van der Waals surface area (Å²) in [6.45, 7) is 6.16. The number of rotatable bonds is 3. The molecule has 0 bridgehead atoms. The molecule has 10 heavy (non-hydrogen) atoms. The van der Waals surface area contributed by atoms with Crippen LogP contribution in [0.5, 0.6) is 0 Å². The molecular weight excluding hydrogens is 126 g/mol. The highest BCUT2D eigenvalue weighted by Gasteiger charge is 2.16. The average Bonchev–Trinajstić information content (AvgIpc) is 2.00. The Morgan fingerprint density at radius 2 is 2.00 bits per heavy atom. The summed E-state index contributed by atoms with van der Waals surface area (Å²) in [5.41, 5.74) is 0. The maximum absolute atomic E-state index is 11.0. The molecule has 0 aliphatic carbocycles. The van der Waals surface area contributed by atoms with Crippen LogP contribution in [0.2, 0.25) is 0 Å². The molecule has 0 saturated heterocycles. The summed E-state index contributed by atoms with van der Waals surface area (Å²) in [4.78, 5) is 11.0. The van der Waals surface area contributed by atoms with Gasteiger partial charge < -0.3 is 5.32 Å². The van der Waals surface area contributed by atoms with Crippen LogP contribution in [0.25, 0.3) is 0 Å². The van der Waals surface area contributed by atoms with E-state index in [9.17, 15) is 4.79 Å². The van der Waals surface area contributed by atoms with Gasteiger partial charge in [0.05, 0.1) is 0 Å². The van der Waals surface area contributed by atoms with Crippen molar-refractivity contribution in [2.75, 3.05) is 7.05 Å². The number of carbonyl (C=O) groups excluding carboxylic acids is 1. The highest BCUT2D eigenvalue weighted by atomic mass is 16.1. The van der Waals surface area contributed by atoms with Crippen LogP contribution in [-0.4, -0.2) is 13.0 Å². The molecule has 1 unspecified atom stereocenters. The lowest BCUT2D eigenvalue weighted by atomic mass is 9.93. The first kappa shape index (κ1) is 9.47. The molecule has 0 aliphatic rings. The monoisotopic (exact) mass is 143 g/mol. The molecule has 2 nitrogen and oxygen atoms in total. The molecule has 60 valence electrons. The van der Waals surface area contributed by atoms with Gasteiger partial charge in [-0.2, -0.15) is 0 Å². The summed E-state index contributed by atoms with van der Waals surface area (Å²) in [5.74, 6) is 0.782. The fourth-order valence-corrected chi connectivity index (χ4v) is 0.840. The molecule has 0 aromatic carbocycles. The van der Waals surface area contributed by atoms with Crippen LogP contribution in [0.3, 0.4) is 0 Å². The molecule has 0 aromatic rings. The summed E-state index contributed by atoms with van der Waals surface area (Å²) in [6.07, 6.45) is 1.06. The van der Waals surface area contributed by atoms with Crippen molar-refractivity contribution in [3.05, 3.63) is 0 Å². The van der Waals surface area contributed by atoms with Gasteiger partial charge in [0.1, 0.15) is 0 Å². The normalized spacial score (nSPS) is 16.0. The molecule has 2 heteroatoms. The third kappa shape index (κ3) is 2.38. The van der Waals surface area contributed by atoms with E-state index in [1.54, 1.807) is 7.05 Å². The third-order valence-corrected chi connectivity index (χ3v) is 2.16. The van der Waals surface area contributed by atoms with Gasteiger partial charge in [0.25, 0.3) is 0 Å². The highest BCUT2D eigenvalue weighted by molar-refractivity contribution is 5.78. The SMILES string of the molecule is CCC(C)[C@@H](C)C(=O)NC. The summed E-state index contributed by atoms with van der Waals surface area (Å²) in [5, 5.41) is 2.64. The van der Waals surface area contributed by atoms with E-state index in [2.05, 4.69) is 19.2 Å². The second-order valence-electron chi connectivity index (χ2n) is 2.79. The average molecular weight is 143 g/mol. The van der Waals surface area contributed by atoms with Crippen LogP contribution >= 0.6 is 0 Å². The molecule has 0 aliphatic heterocycles. The zero-order valence-corrected chi connectivity index (χ0v) is 7.27. The van der Waals surface area contributed by atoms with E-state index >= 15 is 0 Å². The van der Waals surface area contributed by atoms with Gasteiger partial charge in [0.2, 0.25) is 5.91 Å². The summed E-state index contributed by atoms with van der Waals surface area (Å²) in [6, 6.07) is 0. The smallest absolute Gasteiger partial charge is 0.222 e. The van der Waals surface area contributed by atoms with Crippen LogP contribution < -0.4 is 5.32 Å². The summed E-state index contributed by atoms with van der Waals surface area (Å²) >= 11 is 0. The van der Waals surface area contributed by atoms with Gasteiger partial charge in [-0.25, -0.2) is 0 Å². The highest BCUT2D eigenvalue weighted by Crippen LogP contribution is 2.13. The van der Waals surface area contributed by atoms with Crippen LogP contribution in [0.1, 0.15) is 27.2 Å². The first-order chi connectivity index (χ1) is 4.63.